The normalized spacial score (nSPS) is 19.9. The highest BCUT2D eigenvalue weighted by atomic mass is 32.2. The van der Waals surface area contributed by atoms with Gasteiger partial charge in [-0.05, 0) is 81.5 Å². The van der Waals surface area contributed by atoms with E-state index in [4.69, 9.17) is 29.0 Å². The first-order valence-corrected chi connectivity index (χ1v) is 22.3. The summed E-state index contributed by atoms with van der Waals surface area (Å²) in [5.41, 5.74) is 3.20. The molecule has 4 aliphatic rings. The molecule has 59 heavy (non-hydrogen) atoms. The predicted molar refractivity (Wildman–Crippen MR) is 208 cm³/mol. The summed E-state index contributed by atoms with van der Waals surface area (Å²) in [4.78, 5) is 56.1. The molecule has 0 atom stereocenters. The molecule has 0 aromatic heterocycles. The summed E-state index contributed by atoms with van der Waals surface area (Å²) in [7, 11) is -9.20. The first-order valence-electron chi connectivity index (χ1n) is 19.4. The van der Waals surface area contributed by atoms with Gasteiger partial charge >= 0.3 is 11.9 Å². The van der Waals surface area contributed by atoms with Crippen molar-refractivity contribution in [2.75, 3.05) is 44.4 Å². The summed E-state index contributed by atoms with van der Waals surface area (Å²) in [5.74, 6) is -0.973. The number of nitrogens with zero attached hydrogens (tertiary/aromatic N) is 4. The molecule has 0 radical (unpaired) electrons. The Hall–Kier alpha value is -4.09. The molecule has 6 rings (SSSR count). The van der Waals surface area contributed by atoms with E-state index in [9.17, 15) is 35.5 Å². The average molecular weight is 863 g/mol. The van der Waals surface area contributed by atoms with E-state index in [0.717, 1.165) is 33.6 Å². The van der Waals surface area contributed by atoms with E-state index in [1.165, 1.54) is 24.3 Å². The van der Waals surface area contributed by atoms with E-state index in [-0.39, 0.29) is 22.6 Å². The average Bonchev–Trinajstić information content (AvgIpc) is 3.95. The van der Waals surface area contributed by atoms with Crippen LogP contribution in [0.3, 0.4) is 0 Å². The molecule has 1 N–H and O–H groups in total. The molecule has 0 bridgehead atoms. The van der Waals surface area contributed by atoms with Crippen LogP contribution in [-0.4, -0.2) is 98.5 Å². The Balaban J connectivity index is 1.23. The lowest BCUT2D eigenvalue weighted by Crippen LogP contribution is -2.28. The fourth-order valence-electron chi connectivity index (χ4n) is 7.65. The van der Waals surface area contributed by atoms with Crippen molar-refractivity contribution < 1.29 is 69.1 Å². The van der Waals surface area contributed by atoms with Crippen LogP contribution in [0.4, 0.5) is 11.4 Å². The van der Waals surface area contributed by atoms with Crippen molar-refractivity contribution >= 4 is 49.3 Å². The summed E-state index contributed by atoms with van der Waals surface area (Å²) >= 11 is 0. The van der Waals surface area contributed by atoms with E-state index in [2.05, 4.69) is 9.48 Å². The molecular weight excluding hydrogens is 813 g/mol. The van der Waals surface area contributed by atoms with Crippen LogP contribution in [0.25, 0.3) is 0 Å². The molecule has 4 heterocycles. The second-order valence-electron chi connectivity index (χ2n) is 15.5. The van der Waals surface area contributed by atoms with Gasteiger partial charge in [0.25, 0.3) is 10.1 Å². The topological polar surface area (TPSA) is 214 Å². The van der Waals surface area contributed by atoms with Gasteiger partial charge in [0.05, 0.1) is 15.2 Å². The van der Waals surface area contributed by atoms with Crippen molar-refractivity contribution in [2.45, 2.75) is 99.7 Å². The van der Waals surface area contributed by atoms with E-state index in [1.807, 2.05) is 45.9 Å². The molecule has 18 nitrogen and oxygen atoms in total. The minimum absolute atomic E-state index is 0.149. The maximum atomic E-state index is 12.2. The number of fused-ring (bicyclic) bond motifs is 2. The van der Waals surface area contributed by atoms with Crippen molar-refractivity contribution in [2.24, 2.45) is 0 Å². The minimum Gasteiger partial charge on any atom is -0.744 e. The zero-order valence-electron chi connectivity index (χ0n) is 33.5. The van der Waals surface area contributed by atoms with Crippen molar-refractivity contribution in [3.63, 3.8) is 0 Å². The maximum absolute atomic E-state index is 12.2. The first-order chi connectivity index (χ1) is 27.9. The highest BCUT2D eigenvalue weighted by Gasteiger charge is 2.45. The van der Waals surface area contributed by atoms with Crippen LogP contribution in [0.5, 0.6) is 0 Å². The fraction of sp³-hybridized carbons (Fsp3) is 0.513. The molecule has 20 heteroatoms. The van der Waals surface area contributed by atoms with Crippen molar-refractivity contribution in [1.29, 1.82) is 0 Å². The van der Waals surface area contributed by atoms with Gasteiger partial charge in [0, 0.05) is 60.3 Å². The van der Waals surface area contributed by atoms with Gasteiger partial charge in [-0.15, -0.1) is 0 Å². The Morgan fingerprint density at radius 2 is 1.34 bits per heavy atom. The van der Waals surface area contributed by atoms with Crippen LogP contribution in [0.1, 0.15) is 90.2 Å². The summed E-state index contributed by atoms with van der Waals surface area (Å²) < 4.78 is 72.5. The van der Waals surface area contributed by atoms with Crippen molar-refractivity contribution in [1.82, 2.24) is 10.8 Å². The third kappa shape index (κ3) is 10.4. The molecule has 2 aromatic rings. The molecule has 0 saturated carbocycles. The fourth-order valence-corrected chi connectivity index (χ4v) is 8.66. The standard InChI is InChI=1S/C39H50N4O14S2/c1-38(2)30-26-28(58(46,47)48)16-18-32(30)40(20-9-5-7-14-36(44)56-42-52-22-23-53-42)34(38)12-11-13-35-39(3,4)31-27-29(59(49,50)51)17-19-33(31)41(35)21-10-6-8-15-37(45)57-43-54-24-25-55-43/h11-13,16-19,26-27H,5-10,14-15,20-25H2,1-4H3,(H-,46,47,48,49,50,51). The van der Waals surface area contributed by atoms with Crippen LogP contribution < -0.4 is 4.90 Å². The Kier molecular flexibility index (Phi) is 13.8. The second-order valence-corrected chi connectivity index (χ2v) is 18.3. The third-order valence-corrected chi connectivity index (χ3v) is 12.3. The van der Waals surface area contributed by atoms with Gasteiger partial charge < -0.3 is 19.1 Å². The highest BCUT2D eigenvalue weighted by Crippen LogP contribution is 2.49. The Morgan fingerprint density at radius 3 is 1.92 bits per heavy atom. The molecule has 0 aliphatic carbocycles. The lowest BCUT2D eigenvalue weighted by molar-refractivity contribution is -0.460. The Morgan fingerprint density at radius 1 is 0.780 bits per heavy atom. The smallest absolute Gasteiger partial charge is 0.330 e. The van der Waals surface area contributed by atoms with Gasteiger partial charge in [0.15, 0.2) is 5.71 Å². The van der Waals surface area contributed by atoms with E-state index < -0.39 is 43.0 Å². The largest absolute Gasteiger partial charge is 0.744 e. The van der Waals surface area contributed by atoms with Gasteiger partial charge in [0.2, 0.25) is 5.69 Å². The second kappa shape index (κ2) is 18.3. The number of carbonyl (C=O) groups excluding carboxylic acids is 2. The Labute approximate surface area is 343 Å². The molecule has 0 unspecified atom stereocenters. The highest BCUT2D eigenvalue weighted by molar-refractivity contribution is 7.86. The number of allylic oxidation sites excluding steroid dienone is 4. The third-order valence-electron chi connectivity index (χ3n) is 10.7. The minimum atomic E-state index is -4.72. The van der Waals surface area contributed by atoms with Gasteiger partial charge in [-0.3, -0.25) is 14.1 Å². The molecule has 4 aliphatic heterocycles. The zero-order chi connectivity index (χ0) is 42.6. The van der Waals surface area contributed by atoms with Gasteiger partial charge in [-0.2, -0.15) is 13.0 Å². The van der Waals surface area contributed by atoms with Gasteiger partial charge in [0.1, 0.15) is 53.9 Å². The van der Waals surface area contributed by atoms with Gasteiger partial charge in [-0.25, -0.2) is 27.8 Å². The number of rotatable bonds is 18. The predicted octanol–water partition coefficient (Wildman–Crippen LogP) is 4.85. The van der Waals surface area contributed by atoms with E-state index >= 15 is 0 Å². The molecule has 2 saturated heterocycles. The number of hydrogen-bond donors (Lipinski definition) is 1. The molecule has 0 spiro atoms. The molecular formula is C39H50N4O14S2. The number of carbonyl (C=O) groups is 2. The van der Waals surface area contributed by atoms with E-state index in [0.29, 0.717) is 89.2 Å². The quantitative estimate of drug-likeness (QED) is 0.121. The van der Waals surface area contributed by atoms with Crippen LogP contribution in [-0.2, 0) is 69.7 Å². The maximum Gasteiger partial charge on any atom is 0.330 e. The van der Waals surface area contributed by atoms with E-state index in [1.54, 1.807) is 12.1 Å². The van der Waals surface area contributed by atoms with Crippen LogP contribution in [0.2, 0.25) is 0 Å². The Bertz CT molecular complexity index is 2230. The van der Waals surface area contributed by atoms with Gasteiger partial charge in [-0.1, -0.05) is 26.3 Å². The van der Waals surface area contributed by atoms with Crippen molar-refractivity contribution in [3.8, 4) is 0 Å². The number of benzene rings is 2. The first kappa shape index (κ1) is 44.5. The number of anilines is 1. The molecule has 0 amide bonds. The number of hydrogen-bond acceptors (Lipinski definition) is 16. The summed E-state index contributed by atoms with van der Waals surface area (Å²) in [6, 6.07) is 8.93. The molecule has 2 fully saturated rings. The monoisotopic (exact) mass is 862 g/mol. The summed E-state index contributed by atoms with van der Waals surface area (Å²) in [6.07, 6.45) is 9.89. The SMILES string of the molecule is CC1(C)C(=CC=CC2=[N+](CCCCCC(=O)ON3OCCO3)c3ccc(S(=O)(=O)[O-])cc3C2(C)C)N(CCCCCC(=O)ON2OCCO2)c2ccc(S(=O)(=O)O)cc21. The lowest BCUT2D eigenvalue weighted by Gasteiger charge is -2.27. The summed E-state index contributed by atoms with van der Waals surface area (Å²) in [6.45, 7) is 10.1. The lowest BCUT2D eigenvalue weighted by atomic mass is 9.81. The van der Waals surface area contributed by atoms with Crippen LogP contribution in [0.15, 0.2) is 70.1 Å². The summed E-state index contributed by atoms with van der Waals surface area (Å²) in [5, 5.41) is 1.44. The zero-order valence-corrected chi connectivity index (χ0v) is 35.1. The van der Waals surface area contributed by atoms with Crippen LogP contribution >= 0.6 is 0 Å². The molecule has 322 valence electrons. The van der Waals surface area contributed by atoms with Crippen LogP contribution in [0, 0.1) is 0 Å². The molecule has 2 aromatic carbocycles. The number of unbranched alkanes of at least 4 members (excludes halogenated alkanes) is 4. The van der Waals surface area contributed by atoms with Crippen molar-refractivity contribution in [3.05, 3.63) is 71.5 Å².